The molecule has 3 aromatic rings. The second kappa shape index (κ2) is 13.0. The molecule has 226 valence electrons. The number of halogens is 1. The molecule has 2 saturated carbocycles. The molecule has 3 unspecified atom stereocenters. The number of carbonyl (C=O) groups is 1. The van der Waals surface area contributed by atoms with E-state index in [-0.39, 0.29) is 23.6 Å². The van der Waals surface area contributed by atoms with Crippen molar-refractivity contribution in [3.05, 3.63) is 88.5 Å². The molecule has 3 fully saturated rings. The molecule has 2 aromatic carbocycles. The summed E-state index contributed by atoms with van der Waals surface area (Å²) in [6.45, 7) is 5.94. The zero-order valence-electron chi connectivity index (χ0n) is 25.2. The van der Waals surface area contributed by atoms with Crippen LogP contribution >= 0.6 is 0 Å². The lowest BCUT2D eigenvalue weighted by Crippen LogP contribution is -2.37. The van der Waals surface area contributed by atoms with Crippen molar-refractivity contribution in [3.63, 3.8) is 0 Å². The first-order valence-electron chi connectivity index (χ1n) is 16.2. The van der Waals surface area contributed by atoms with E-state index < -0.39 is 5.97 Å². The fourth-order valence-corrected chi connectivity index (χ4v) is 7.86. The van der Waals surface area contributed by atoms with Crippen LogP contribution in [0.4, 0.5) is 4.39 Å². The van der Waals surface area contributed by atoms with Gasteiger partial charge in [-0.1, -0.05) is 37.1 Å². The number of nitrogens with zero attached hydrogens (tertiary/aromatic N) is 4. The van der Waals surface area contributed by atoms with Crippen LogP contribution in [0.3, 0.4) is 0 Å². The fraction of sp³-hybridized carbons (Fsp3) is 0.528. The lowest BCUT2D eigenvalue weighted by molar-refractivity contribution is -0.144. The third-order valence-corrected chi connectivity index (χ3v) is 10.3. The molecule has 43 heavy (non-hydrogen) atoms. The number of aryl methyl sites for hydroxylation is 1. The standard InChI is InChI=1S/C36H43FN4O2/c1-2-41-35(21-32(39-41)16-24-8-10-26(22-38)11-9-24)27-12-14-40(15-13-27)23-30-18-29(34(36(42)43)17-25-6-7-25)20-33(30)28-4-3-5-31(37)19-28/h3-5,8-11,19,21,25,27,29-30,33-34H,2,6-7,12-18,20,23H2,1H3,(H,42,43)/t29?,30?,33?,34-/m0/s1. The van der Waals surface area contributed by atoms with Crippen molar-refractivity contribution in [3.8, 4) is 6.07 Å². The van der Waals surface area contributed by atoms with Gasteiger partial charge < -0.3 is 10.0 Å². The molecule has 1 aromatic heterocycles. The highest BCUT2D eigenvalue weighted by atomic mass is 19.1. The molecule has 4 atom stereocenters. The maximum atomic E-state index is 14.3. The Morgan fingerprint density at radius 1 is 1.09 bits per heavy atom. The number of aromatic nitrogens is 2. The Morgan fingerprint density at radius 3 is 2.51 bits per heavy atom. The van der Waals surface area contributed by atoms with Gasteiger partial charge in [-0.25, -0.2) is 4.39 Å². The summed E-state index contributed by atoms with van der Waals surface area (Å²) in [5.74, 6) is 0.586. The molecule has 6 nitrogen and oxygen atoms in total. The third kappa shape index (κ3) is 7.02. The molecule has 0 spiro atoms. The Hall–Kier alpha value is -3.50. The maximum absolute atomic E-state index is 14.3. The van der Waals surface area contributed by atoms with Crippen molar-refractivity contribution in [2.75, 3.05) is 19.6 Å². The second-order valence-corrected chi connectivity index (χ2v) is 13.2. The summed E-state index contributed by atoms with van der Waals surface area (Å²) in [6, 6.07) is 19.2. The highest BCUT2D eigenvalue weighted by molar-refractivity contribution is 5.70. The van der Waals surface area contributed by atoms with Gasteiger partial charge in [0.05, 0.1) is 23.2 Å². The molecule has 6 rings (SSSR count). The van der Waals surface area contributed by atoms with E-state index in [9.17, 15) is 14.3 Å². The largest absolute Gasteiger partial charge is 0.481 e. The van der Waals surface area contributed by atoms with Gasteiger partial charge in [0.15, 0.2) is 0 Å². The minimum atomic E-state index is -0.651. The smallest absolute Gasteiger partial charge is 0.306 e. The topological polar surface area (TPSA) is 82.2 Å². The summed E-state index contributed by atoms with van der Waals surface area (Å²) >= 11 is 0. The summed E-state index contributed by atoms with van der Waals surface area (Å²) in [7, 11) is 0. The minimum Gasteiger partial charge on any atom is -0.481 e. The van der Waals surface area contributed by atoms with E-state index in [1.165, 1.54) is 11.8 Å². The van der Waals surface area contributed by atoms with Crippen LogP contribution in [-0.4, -0.2) is 45.4 Å². The Balaban J connectivity index is 1.11. The van der Waals surface area contributed by atoms with Gasteiger partial charge in [-0.3, -0.25) is 9.48 Å². The van der Waals surface area contributed by atoms with Gasteiger partial charge in [-0.2, -0.15) is 10.4 Å². The van der Waals surface area contributed by atoms with E-state index in [4.69, 9.17) is 10.4 Å². The van der Waals surface area contributed by atoms with Crippen LogP contribution in [0.25, 0.3) is 0 Å². The van der Waals surface area contributed by atoms with Gasteiger partial charge in [0.2, 0.25) is 0 Å². The van der Waals surface area contributed by atoms with E-state index in [2.05, 4.69) is 28.6 Å². The van der Waals surface area contributed by atoms with Gasteiger partial charge in [0.1, 0.15) is 5.82 Å². The van der Waals surface area contributed by atoms with Crippen molar-refractivity contribution < 1.29 is 14.3 Å². The first kappa shape index (κ1) is 29.6. The van der Waals surface area contributed by atoms with Crippen LogP contribution in [0.15, 0.2) is 54.6 Å². The molecule has 3 aliphatic rings. The molecule has 0 amide bonds. The van der Waals surface area contributed by atoms with Crippen LogP contribution in [0, 0.1) is 40.8 Å². The number of piperidine rings is 1. The van der Waals surface area contributed by atoms with Gasteiger partial charge in [-0.05, 0) is 117 Å². The number of rotatable bonds is 11. The average molecular weight is 583 g/mol. The fourth-order valence-electron chi connectivity index (χ4n) is 7.86. The molecule has 0 bridgehead atoms. The number of likely N-dealkylation sites (tertiary alicyclic amines) is 1. The highest BCUT2D eigenvalue weighted by Crippen LogP contribution is 2.49. The molecular formula is C36H43FN4O2. The zero-order chi connectivity index (χ0) is 29.9. The highest BCUT2D eigenvalue weighted by Gasteiger charge is 2.43. The van der Waals surface area contributed by atoms with E-state index in [1.807, 2.05) is 30.3 Å². The predicted octanol–water partition coefficient (Wildman–Crippen LogP) is 6.99. The average Bonchev–Trinajstić information content (AvgIpc) is 3.61. The second-order valence-electron chi connectivity index (χ2n) is 13.2. The molecule has 1 N–H and O–H groups in total. The number of hydrogen-bond acceptors (Lipinski definition) is 4. The quantitative estimate of drug-likeness (QED) is 0.263. The lowest BCUT2D eigenvalue weighted by Gasteiger charge is -2.35. The number of carboxylic acid groups (broad SMARTS) is 1. The van der Waals surface area contributed by atoms with Gasteiger partial charge in [0.25, 0.3) is 0 Å². The van der Waals surface area contributed by atoms with E-state index >= 15 is 0 Å². The number of hydrogen-bond donors (Lipinski definition) is 1. The molecule has 0 radical (unpaired) electrons. The molecular weight excluding hydrogens is 539 g/mol. The van der Waals surface area contributed by atoms with Crippen LogP contribution in [0.2, 0.25) is 0 Å². The molecule has 2 heterocycles. The zero-order valence-corrected chi connectivity index (χ0v) is 25.2. The van der Waals surface area contributed by atoms with Gasteiger partial charge in [-0.15, -0.1) is 0 Å². The molecule has 2 aliphatic carbocycles. The van der Waals surface area contributed by atoms with Crippen LogP contribution in [0.1, 0.15) is 91.8 Å². The van der Waals surface area contributed by atoms with E-state index in [0.29, 0.717) is 23.3 Å². The van der Waals surface area contributed by atoms with E-state index in [1.54, 1.807) is 12.1 Å². The molecule has 1 aliphatic heterocycles. The molecule has 1 saturated heterocycles. The first-order valence-corrected chi connectivity index (χ1v) is 16.2. The SMILES string of the molecule is CCn1nc(Cc2ccc(C#N)cc2)cc1C1CCN(CC2CC([C@H](CC3CC3)C(=O)O)CC2c2cccc(F)c2)CC1. The Kier molecular flexibility index (Phi) is 8.95. The Morgan fingerprint density at radius 2 is 1.86 bits per heavy atom. The summed E-state index contributed by atoms with van der Waals surface area (Å²) in [4.78, 5) is 14.9. The monoisotopic (exact) mass is 582 g/mol. The number of aliphatic carboxylic acids is 1. The number of carboxylic acids is 1. The number of nitriles is 1. The number of benzene rings is 2. The summed E-state index contributed by atoms with van der Waals surface area (Å²) in [5, 5.41) is 24.1. The van der Waals surface area contributed by atoms with Crippen molar-refractivity contribution in [2.45, 2.75) is 76.7 Å². The van der Waals surface area contributed by atoms with Crippen molar-refractivity contribution in [1.82, 2.24) is 14.7 Å². The predicted molar refractivity (Wildman–Crippen MR) is 164 cm³/mol. The van der Waals surface area contributed by atoms with Crippen molar-refractivity contribution >= 4 is 5.97 Å². The van der Waals surface area contributed by atoms with Gasteiger partial charge >= 0.3 is 5.97 Å². The van der Waals surface area contributed by atoms with E-state index in [0.717, 1.165) is 94.4 Å². The summed E-state index contributed by atoms with van der Waals surface area (Å²) < 4.78 is 16.4. The van der Waals surface area contributed by atoms with Crippen molar-refractivity contribution in [1.29, 1.82) is 5.26 Å². The van der Waals surface area contributed by atoms with Crippen LogP contribution in [-0.2, 0) is 17.8 Å². The lowest BCUT2D eigenvalue weighted by atomic mass is 9.85. The Labute approximate surface area is 254 Å². The molecule has 7 heteroatoms. The van der Waals surface area contributed by atoms with Crippen molar-refractivity contribution in [2.24, 2.45) is 23.7 Å². The normalized spacial score (nSPS) is 23.7. The van der Waals surface area contributed by atoms with Crippen LogP contribution in [0.5, 0.6) is 0 Å². The first-order chi connectivity index (χ1) is 20.9. The minimum absolute atomic E-state index is 0.155. The summed E-state index contributed by atoms with van der Waals surface area (Å²) in [5.41, 5.74) is 5.24. The summed E-state index contributed by atoms with van der Waals surface area (Å²) in [6.07, 6.45) is 7.77. The Bertz CT molecular complexity index is 1450. The van der Waals surface area contributed by atoms with Crippen LogP contribution < -0.4 is 0 Å². The van der Waals surface area contributed by atoms with Gasteiger partial charge in [0, 0.05) is 31.1 Å². The third-order valence-electron chi connectivity index (χ3n) is 10.3. The maximum Gasteiger partial charge on any atom is 0.306 e.